The van der Waals surface area contributed by atoms with Crippen molar-refractivity contribution in [3.8, 4) is 0 Å². The van der Waals surface area contributed by atoms with Gasteiger partial charge in [-0.2, -0.15) is 5.10 Å². The number of aromatic amines is 1. The lowest BCUT2D eigenvalue weighted by Gasteiger charge is -2.19. The number of carbonyl (C=O) groups is 1. The molecule has 0 aliphatic carbocycles. The van der Waals surface area contributed by atoms with Crippen LogP contribution in [0.5, 0.6) is 0 Å². The van der Waals surface area contributed by atoms with E-state index in [0.29, 0.717) is 35.8 Å². The van der Waals surface area contributed by atoms with Crippen LogP contribution in [-0.4, -0.2) is 56.7 Å². The monoisotopic (exact) mass is 350 g/mol. The van der Waals surface area contributed by atoms with Crippen molar-refractivity contribution in [2.24, 2.45) is 13.0 Å². The molecule has 10 heteroatoms. The number of amides is 2. The highest BCUT2D eigenvalue weighted by atomic mass is 16.5. The van der Waals surface area contributed by atoms with Gasteiger partial charge >= 0.3 is 6.03 Å². The molecule has 4 N–H and O–H groups in total. The number of H-pyrrole nitrogens is 1. The smallest absolute Gasteiger partial charge is 0.315 e. The van der Waals surface area contributed by atoms with E-state index in [-0.39, 0.29) is 24.8 Å². The SMILES string of the molecule is Cn1ncc2c(=O)[nH]c(CNC(=O)NC(CO)CC3CCOC3)nc21. The number of aromatic nitrogens is 4. The molecule has 2 aromatic heterocycles. The Bertz CT molecular complexity index is 795. The number of carbonyl (C=O) groups excluding carboxylic acids is 1. The lowest BCUT2D eigenvalue weighted by atomic mass is 10.00. The van der Waals surface area contributed by atoms with Crippen LogP contribution in [-0.2, 0) is 18.3 Å². The number of rotatable bonds is 6. The Morgan fingerprint density at radius 3 is 3.16 bits per heavy atom. The van der Waals surface area contributed by atoms with Gasteiger partial charge in [-0.3, -0.25) is 9.48 Å². The first kappa shape index (κ1) is 17.4. The number of aliphatic hydroxyl groups is 1. The topological polar surface area (TPSA) is 134 Å². The maximum absolute atomic E-state index is 12.0. The van der Waals surface area contributed by atoms with Gasteiger partial charge in [-0.1, -0.05) is 0 Å². The molecule has 10 nitrogen and oxygen atoms in total. The van der Waals surface area contributed by atoms with E-state index < -0.39 is 6.03 Å². The summed E-state index contributed by atoms with van der Waals surface area (Å²) in [6.07, 6.45) is 3.05. The van der Waals surface area contributed by atoms with Crippen LogP contribution in [0.3, 0.4) is 0 Å². The van der Waals surface area contributed by atoms with Gasteiger partial charge in [0.15, 0.2) is 5.65 Å². The van der Waals surface area contributed by atoms with Gasteiger partial charge in [-0.25, -0.2) is 9.78 Å². The van der Waals surface area contributed by atoms with Crippen LogP contribution < -0.4 is 16.2 Å². The largest absolute Gasteiger partial charge is 0.394 e. The van der Waals surface area contributed by atoms with Gasteiger partial charge in [-0.05, 0) is 18.8 Å². The number of urea groups is 1. The minimum absolute atomic E-state index is 0.0624. The molecule has 0 bridgehead atoms. The van der Waals surface area contributed by atoms with Crippen molar-refractivity contribution in [2.45, 2.75) is 25.4 Å². The quantitative estimate of drug-likeness (QED) is 0.541. The first-order valence-electron chi connectivity index (χ1n) is 8.20. The molecule has 1 fully saturated rings. The zero-order chi connectivity index (χ0) is 17.8. The number of aryl methyl sites for hydroxylation is 1. The Balaban J connectivity index is 1.56. The molecule has 2 aromatic rings. The Morgan fingerprint density at radius 1 is 1.60 bits per heavy atom. The second kappa shape index (κ2) is 7.62. The van der Waals surface area contributed by atoms with E-state index in [2.05, 4.69) is 25.7 Å². The van der Waals surface area contributed by atoms with Gasteiger partial charge < -0.3 is 25.5 Å². The maximum Gasteiger partial charge on any atom is 0.315 e. The van der Waals surface area contributed by atoms with Crippen LogP contribution >= 0.6 is 0 Å². The number of aliphatic hydroxyl groups excluding tert-OH is 1. The third kappa shape index (κ3) is 4.15. The average Bonchev–Trinajstić information content (AvgIpc) is 3.23. The summed E-state index contributed by atoms with van der Waals surface area (Å²) in [6, 6.07) is -0.760. The first-order valence-corrected chi connectivity index (χ1v) is 8.20. The van der Waals surface area contributed by atoms with E-state index in [4.69, 9.17) is 4.74 Å². The molecule has 3 rings (SSSR count). The number of ether oxygens (including phenoxy) is 1. The minimum Gasteiger partial charge on any atom is -0.394 e. The fraction of sp³-hybridized carbons (Fsp3) is 0.600. The molecule has 3 heterocycles. The lowest BCUT2D eigenvalue weighted by molar-refractivity contribution is 0.171. The van der Waals surface area contributed by atoms with Crippen molar-refractivity contribution in [3.63, 3.8) is 0 Å². The number of fused-ring (bicyclic) bond motifs is 1. The number of nitrogens with one attached hydrogen (secondary N) is 3. The van der Waals surface area contributed by atoms with Crippen LogP contribution in [0.1, 0.15) is 18.7 Å². The van der Waals surface area contributed by atoms with Crippen molar-refractivity contribution in [3.05, 3.63) is 22.4 Å². The average molecular weight is 350 g/mol. The highest BCUT2D eigenvalue weighted by molar-refractivity contribution is 5.74. The molecule has 0 radical (unpaired) electrons. The number of hydrogen-bond donors (Lipinski definition) is 4. The van der Waals surface area contributed by atoms with E-state index in [1.807, 2.05) is 0 Å². The summed E-state index contributed by atoms with van der Waals surface area (Å²) >= 11 is 0. The van der Waals surface area contributed by atoms with Gasteiger partial charge in [0.2, 0.25) is 0 Å². The molecule has 0 aromatic carbocycles. The fourth-order valence-electron chi connectivity index (χ4n) is 2.91. The van der Waals surface area contributed by atoms with Crippen LogP contribution in [0.4, 0.5) is 4.79 Å². The van der Waals surface area contributed by atoms with Crippen molar-refractivity contribution in [1.82, 2.24) is 30.4 Å². The van der Waals surface area contributed by atoms with Crippen LogP contribution in [0.25, 0.3) is 11.0 Å². The van der Waals surface area contributed by atoms with E-state index in [9.17, 15) is 14.7 Å². The third-order valence-corrected chi connectivity index (χ3v) is 4.26. The van der Waals surface area contributed by atoms with Gasteiger partial charge in [0.05, 0.1) is 25.4 Å². The van der Waals surface area contributed by atoms with Crippen molar-refractivity contribution >= 4 is 17.1 Å². The van der Waals surface area contributed by atoms with Crippen molar-refractivity contribution in [1.29, 1.82) is 0 Å². The predicted molar refractivity (Wildman–Crippen MR) is 88.9 cm³/mol. The summed E-state index contributed by atoms with van der Waals surface area (Å²) in [7, 11) is 1.69. The van der Waals surface area contributed by atoms with E-state index in [1.54, 1.807) is 7.05 Å². The zero-order valence-electron chi connectivity index (χ0n) is 14.0. The van der Waals surface area contributed by atoms with Crippen LogP contribution in [0, 0.1) is 5.92 Å². The van der Waals surface area contributed by atoms with Crippen molar-refractivity contribution in [2.75, 3.05) is 19.8 Å². The predicted octanol–water partition coefficient (Wildman–Crippen LogP) is -0.757. The molecule has 25 heavy (non-hydrogen) atoms. The molecule has 1 aliphatic heterocycles. The highest BCUT2D eigenvalue weighted by Crippen LogP contribution is 2.17. The summed E-state index contributed by atoms with van der Waals surface area (Å²) in [4.78, 5) is 30.9. The molecule has 0 spiro atoms. The van der Waals surface area contributed by atoms with E-state index in [0.717, 1.165) is 13.0 Å². The Morgan fingerprint density at radius 2 is 2.44 bits per heavy atom. The third-order valence-electron chi connectivity index (χ3n) is 4.26. The molecule has 2 unspecified atom stereocenters. The van der Waals surface area contributed by atoms with Gasteiger partial charge in [0, 0.05) is 20.3 Å². The number of hydrogen-bond acceptors (Lipinski definition) is 6. The molecular weight excluding hydrogens is 328 g/mol. The standard InChI is InChI=1S/C15H22N6O4/c1-21-13-11(5-17-21)14(23)20-12(19-13)6-16-15(24)18-10(7-22)4-9-2-3-25-8-9/h5,9-10,22H,2-4,6-8H2,1H3,(H2,16,18,24)(H,19,20,23). The minimum atomic E-state index is -0.425. The van der Waals surface area contributed by atoms with E-state index >= 15 is 0 Å². The Labute approximate surface area is 143 Å². The summed E-state index contributed by atoms with van der Waals surface area (Å²) in [6.45, 7) is 1.31. The second-order valence-electron chi connectivity index (χ2n) is 6.19. The zero-order valence-corrected chi connectivity index (χ0v) is 14.0. The van der Waals surface area contributed by atoms with Crippen LogP contribution in [0.2, 0.25) is 0 Å². The summed E-state index contributed by atoms with van der Waals surface area (Å²) < 4.78 is 6.80. The van der Waals surface area contributed by atoms with Crippen LogP contribution in [0.15, 0.2) is 11.0 Å². The van der Waals surface area contributed by atoms with Gasteiger partial charge in [0.25, 0.3) is 5.56 Å². The fourth-order valence-corrected chi connectivity index (χ4v) is 2.91. The van der Waals surface area contributed by atoms with Gasteiger partial charge in [-0.15, -0.1) is 0 Å². The Hall–Kier alpha value is -2.46. The summed E-state index contributed by atoms with van der Waals surface area (Å²) in [5, 5.41) is 19.2. The Kier molecular flexibility index (Phi) is 5.29. The first-order chi connectivity index (χ1) is 12.1. The number of nitrogens with zero attached hydrogens (tertiary/aromatic N) is 3. The highest BCUT2D eigenvalue weighted by Gasteiger charge is 2.21. The van der Waals surface area contributed by atoms with E-state index in [1.165, 1.54) is 10.9 Å². The normalized spacial score (nSPS) is 18.4. The molecule has 1 aliphatic rings. The molecule has 1 saturated heterocycles. The van der Waals surface area contributed by atoms with Crippen molar-refractivity contribution < 1.29 is 14.6 Å². The second-order valence-corrected chi connectivity index (χ2v) is 6.19. The summed E-state index contributed by atoms with van der Waals surface area (Å²) in [5.41, 5.74) is 0.153. The summed E-state index contributed by atoms with van der Waals surface area (Å²) in [5.74, 6) is 0.684. The molecule has 136 valence electrons. The molecule has 2 atom stereocenters. The lowest BCUT2D eigenvalue weighted by Crippen LogP contribution is -2.44. The van der Waals surface area contributed by atoms with Gasteiger partial charge in [0.1, 0.15) is 11.2 Å². The maximum atomic E-state index is 12.0. The molecule has 0 saturated carbocycles. The molecular formula is C15H22N6O4. The molecule has 2 amide bonds.